The van der Waals surface area contributed by atoms with Crippen molar-refractivity contribution in [2.75, 3.05) is 11.5 Å². The standard InChI is InChI=1S/C9H20N2OS/c1-4-7(2)5-13-6-9(3,11)8(10)12/h7H,4-6,11H2,1-3H3,(H2,10,12). The van der Waals surface area contributed by atoms with Gasteiger partial charge in [0, 0.05) is 5.75 Å². The normalized spacial score (nSPS) is 17.8. The average Bonchev–Trinajstić information content (AvgIpc) is 2.03. The average molecular weight is 204 g/mol. The Hall–Kier alpha value is -0.220. The minimum Gasteiger partial charge on any atom is -0.368 e. The monoisotopic (exact) mass is 204 g/mol. The van der Waals surface area contributed by atoms with Crippen molar-refractivity contribution in [1.82, 2.24) is 0 Å². The molecule has 4 N–H and O–H groups in total. The summed E-state index contributed by atoms with van der Waals surface area (Å²) in [5.41, 5.74) is 9.97. The number of nitrogens with two attached hydrogens (primary N) is 2. The van der Waals surface area contributed by atoms with Crippen molar-refractivity contribution in [1.29, 1.82) is 0 Å². The molecule has 0 aromatic heterocycles. The van der Waals surface area contributed by atoms with E-state index in [1.54, 1.807) is 18.7 Å². The Balaban J connectivity index is 3.70. The number of carbonyl (C=O) groups is 1. The topological polar surface area (TPSA) is 69.1 Å². The van der Waals surface area contributed by atoms with Crippen molar-refractivity contribution in [3.8, 4) is 0 Å². The van der Waals surface area contributed by atoms with Gasteiger partial charge in [0.05, 0.1) is 0 Å². The lowest BCUT2D eigenvalue weighted by atomic mass is 10.1. The molecule has 2 atom stereocenters. The number of hydrogen-bond acceptors (Lipinski definition) is 3. The smallest absolute Gasteiger partial charge is 0.238 e. The number of primary amides is 1. The van der Waals surface area contributed by atoms with E-state index in [2.05, 4.69) is 13.8 Å². The van der Waals surface area contributed by atoms with Crippen molar-refractivity contribution in [3.05, 3.63) is 0 Å². The highest BCUT2D eigenvalue weighted by Gasteiger charge is 2.25. The highest BCUT2D eigenvalue weighted by atomic mass is 32.2. The van der Waals surface area contributed by atoms with Gasteiger partial charge >= 0.3 is 0 Å². The molecule has 4 heteroatoms. The molecule has 3 nitrogen and oxygen atoms in total. The van der Waals surface area contributed by atoms with Crippen molar-refractivity contribution in [2.24, 2.45) is 17.4 Å². The van der Waals surface area contributed by atoms with E-state index in [-0.39, 0.29) is 0 Å². The predicted molar refractivity (Wildman–Crippen MR) is 58.6 cm³/mol. The molecule has 1 amide bonds. The summed E-state index contributed by atoms with van der Waals surface area (Å²) >= 11 is 1.70. The molecule has 0 aliphatic rings. The van der Waals surface area contributed by atoms with Crippen molar-refractivity contribution in [3.63, 3.8) is 0 Å². The molecule has 0 saturated carbocycles. The molecule has 78 valence electrons. The first-order chi connectivity index (χ1) is 5.90. The second-order valence-corrected chi connectivity index (χ2v) is 4.84. The summed E-state index contributed by atoms with van der Waals surface area (Å²) in [5.74, 6) is 1.89. The highest BCUT2D eigenvalue weighted by molar-refractivity contribution is 7.99. The van der Waals surface area contributed by atoms with E-state index in [0.29, 0.717) is 11.7 Å². The lowest BCUT2D eigenvalue weighted by Crippen LogP contribution is -2.51. The van der Waals surface area contributed by atoms with Crippen molar-refractivity contribution < 1.29 is 4.79 Å². The van der Waals surface area contributed by atoms with Gasteiger partial charge in [0.2, 0.25) is 5.91 Å². The zero-order valence-electron chi connectivity index (χ0n) is 8.67. The summed E-state index contributed by atoms with van der Waals surface area (Å²) in [5, 5.41) is 0. The molecule has 0 aliphatic heterocycles. The summed E-state index contributed by atoms with van der Waals surface area (Å²) in [6.07, 6.45) is 1.16. The van der Waals surface area contributed by atoms with Gasteiger partial charge in [-0.3, -0.25) is 4.79 Å². The van der Waals surface area contributed by atoms with Crippen molar-refractivity contribution >= 4 is 17.7 Å². The van der Waals surface area contributed by atoms with E-state index in [1.165, 1.54) is 0 Å². The van der Waals surface area contributed by atoms with E-state index in [0.717, 1.165) is 12.2 Å². The molecule has 0 aromatic rings. The molecule has 0 aliphatic carbocycles. The Morgan fingerprint density at radius 2 is 2.15 bits per heavy atom. The summed E-state index contributed by atoms with van der Waals surface area (Å²) in [7, 11) is 0. The first-order valence-electron chi connectivity index (χ1n) is 4.56. The van der Waals surface area contributed by atoms with Crippen molar-refractivity contribution in [2.45, 2.75) is 32.7 Å². The molecule has 13 heavy (non-hydrogen) atoms. The maximum Gasteiger partial charge on any atom is 0.238 e. The summed E-state index contributed by atoms with van der Waals surface area (Å²) in [6.45, 7) is 6.02. The third-order valence-corrected chi connectivity index (χ3v) is 3.67. The van der Waals surface area contributed by atoms with E-state index in [4.69, 9.17) is 11.5 Å². The van der Waals surface area contributed by atoms with Gasteiger partial charge in [-0.2, -0.15) is 11.8 Å². The molecular formula is C9H20N2OS. The fourth-order valence-electron chi connectivity index (χ4n) is 0.661. The second-order valence-electron chi connectivity index (χ2n) is 3.81. The molecule has 0 spiro atoms. The lowest BCUT2D eigenvalue weighted by molar-refractivity contribution is -0.121. The predicted octanol–water partition coefficient (Wildman–Crippen LogP) is 0.968. The Labute approximate surface area is 84.6 Å². The van der Waals surface area contributed by atoms with E-state index >= 15 is 0 Å². The highest BCUT2D eigenvalue weighted by Crippen LogP contribution is 2.15. The molecule has 0 heterocycles. The van der Waals surface area contributed by atoms with Gasteiger partial charge in [-0.05, 0) is 18.6 Å². The second kappa shape index (κ2) is 5.50. The van der Waals surface area contributed by atoms with Crippen LogP contribution in [0.1, 0.15) is 27.2 Å². The largest absolute Gasteiger partial charge is 0.368 e. The molecule has 2 unspecified atom stereocenters. The van der Waals surface area contributed by atoms with Crippen LogP contribution in [0.4, 0.5) is 0 Å². The minimum atomic E-state index is -0.863. The van der Waals surface area contributed by atoms with E-state index in [9.17, 15) is 4.79 Å². The fourth-order valence-corrected chi connectivity index (χ4v) is 1.98. The van der Waals surface area contributed by atoms with E-state index < -0.39 is 11.4 Å². The number of carbonyl (C=O) groups excluding carboxylic acids is 1. The Bertz CT molecular complexity index is 171. The van der Waals surface area contributed by atoms with Gasteiger partial charge in [0.15, 0.2) is 0 Å². The fraction of sp³-hybridized carbons (Fsp3) is 0.889. The zero-order chi connectivity index (χ0) is 10.5. The summed E-state index contributed by atoms with van der Waals surface area (Å²) in [6, 6.07) is 0. The molecule has 0 rings (SSSR count). The van der Waals surface area contributed by atoms with Gasteiger partial charge in [-0.15, -0.1) is 0 Å². The third-order valence-electron chi connectivity index (χ3n) is 2.06. The van der Waals surface area contributed by atoms with Gasteiger partial charge in [-0.25, -0.2) is 0 Å². The first-order valence-corrected chi connectivity index (χ1v) is 5.72. The van der Waals surface area contributed by atoms with Crippen LogP contribution in [0.25, 0.3) is 0 Å². The lowest BCUT2D eigenvalue weighted by Gasteiger charge is -2.20. The zero-order valence-corrected chi connectivity index (χ0v) is 9.49. The van der Waals surface area contributed by atoms with Crippen LogP contribution >= 0.6 is 11.8 Å². The molecular weight excluding hydrogens is 184 g/mol. The minimum absolute atomic E-state index is 0.427. The van der Waals surface area contributed by atoms with Gasteiger partial charge in [0.25, 0.3) is 0 Å². The Kier molecular flexibility index (Phi) is 5.40. The molecule has 0 fully saturated rings. The van der Waals surface area contributed by atoms with Crippen LogP contribution in [0.2, 0.25) is 0 Å². The van der Waals surface area contributed by atoms with Crippen LogP contribution in [0.15, 0.2) is 0 Å². The summed E-state index contributed by atoms with van der Waals surface area (Å²) < 4.78 is 0. The molecule has 0 saturated heterocycles. The van der Waals surface area contributed by atoms with Crippen LogP contribution < -0.4 is 11.5 Å². The molecule has 0 aromatic carbocycles. The summed E-state index contributed by atoms with van der Waals surface area (Å²) in [4.78, 5) is 10.9. The van der Waals surface area contributed by atoms with Crippen LogP contribution in [-0.4, -0.2) is 23.0 Å². The quantitative estimate of drug-likeness (QED) is 0.677. The van der Waals surface area contributed by atoms with E-state index in [1.807, 2.05) is 0 Å². The number of rotatable bonds is 6. The maximum atomic E-state index is 10.9. The third kappa shape index (κ3) is 5.16. The molecule has 0 bridgehead atoms. The number of hydrogen-bond donors (Lipinski definition) is 2. The maximum absolute atomic E-state index is 10.9. The van der Waals surface area contributed by atoms with Gasteiger partial charge < -0.3 is 11.5 Å². The van der Waals surface area contributed by atoms with Gasteiger partial charge in [0.1, 0.15) is 5.54 Å². The van der Waals surface area contributed by atoms with Crippen LogP contribution in [0.5, 0.6) is 0 Å². The number of amides is 1. The van der Waals surface area contributed by atoms with Crippen LogP contribution in [0, 0.1) is 5.92 Å². The number of thioether (sulfide) groups is 1. The SMILES string of the molecule is CCC(C)CSCC(C)(N)C(N)=O. The van der Waals surface area contributed by atoms with Gasteiger partial charge in [-0.1, -0.05) is 20.3 Å². The van der Waals surface area contributed by atoms with Crippen LogP contribution in [-0.2, 0) is 4.79 Å². The first kappa shape index (κ1) is 12.8. The molecule has 0 radical (unpaired) electrons. The Morgan fingerprint density at radius 3 is 2.54 bits per heavy atom. The van der Waals surface area contributed by atoms with Crippen LogP contribution in [0.3, 0.4) is 0 Å². The Morgan fingerprint density at radius 1 is 1.62 bits per heavy atom.